The molecule has 132 valence electrons. The van der Waals surface area contributed by atoms with Crippen molar-refractivity contribution in [2.75, 3.05) is 11.5 Å². The molecule has 0 aromatic heterocycles. The number of carboxylic acids is 1. The fourth-order valence-electron chi connectivity index (χ4n) is 1.74. The van der Waals surface area contributed by atoms with Gasteiger partial charge in [-0.1, -0.05) is 18.5 Å². The van der Waals surface area contributed by atoms with Crippen molar-refractivity contribution in [2.45, 2.75) is 19.4 Å². The lowest BCUT2D eigenvalue weighted by atomic mass is 10.1. The highest BCUT2D eigenvalue weighted by Crippen LogP contribution is 2.22. The van der Waals surface area contributed by atoms with Crippen molar-refractivity contribution in [3.8, 4) is 0 Å². The standard InChI is InChI=1S/C13H15ClN2O7S/c1-2-24(22,23)6-5-11(13(18)19)15-12(17)9-7-8(16(20)21)3-4-10(9)14/h3-4,7,11H,2,5-6H2,1H3,(H,15,17)(H,18,19). The first-order valence-electron chi connectivity index (χ1n) is 6.75. The van der Waals surface area contributed by atoms with Crippen molar-refractivity contribution in [3.63, 3.8) is 0 Å². The number of sulfone groups is 1. The summed E-state index contributed by atoms with van der Waals surface area (Å²) < 4.78 is 22.9. The maximum atomic E-state index is 12.1. The van der Waals surface area contributed by atoms with Gasteiger partial charge in [0.15, 0.2) is 0 Å². The first-order chi connectivity index (χ1) is 11.1. The van der Waals surface area contributed by atoms with E-state index in [9.17, 15) is 28.1 Å². The van der Waals surface area contributed by atoms with Gasteiger partial charge in [0.1, 0.15) is 15.9 Å². The van der Waals surface area contributed by atoms with Crippen molar-refractivity contribution >= 4 is 39.0 Å². The molecule has 0 saturated carbocycles. The number of nitro benzene ring substituents is 1. The average molecular weight is 379 g/mol. The Bertz CT molecular complexity index is 764. The minimum absolute atomic E-state index is 0.0941. The van der Waals surface area contributed by atoms with E-state index < -0.39 is 38.4 Å². The molecule has 0 radical (unpaired) electrons. The molecule has 0 aliphatic rings. The molecule has 0 saturated heterocycles. The molecule has 2 N–H and O–H groups in total. The molecule has 0 heterocycles. The zero-order chi connectivity index (χ0) is 18.5. The monoisotopic (exact) mass is 378 g/mol. The summed E-state index contributed by atoms with van der Waals surface area (Å²) in [5.74, 6) is -2.92. The first kappa shape index (κ1) is 19.8. The summed E-state index contributed by atoms with van der Waals surface area (Å²) in [7, 11) is -3.40. The molecule has 1 atom stereocenters. The number of aliphatic carboxylic acids is 1. The molecule has 11 heteroatoms. The normalized spacial score (nSPS) is 12.4. The molecule has 0 aliphatic heterocycles. The fourth-order valence-corrected chi connectivity index (χ4v) is 2.82. The Balaban J connectivity index is 2.95. The molecule has 0 aliphatic carbocycles. The zero-order valence-electron chi connectivity index (χ0n) is 12.6. The van der Waals surface area contributed by atoms with E-state index in [0.717, 1.165) is 18.2 Å². The number of halogens is 1. The summed E-state index contributed by atoms with van der Waals surface area (Å²) in [6.07, 6.45) is -0.330. The lowest BCUT2D eigenvalue weighted by Crippen LogP contribution is -2.42. The Morgan fingerprint density at radius 1 is 1.42 bits per heavy atom. The lowest BCUT2D eigenvalue weighted by Gasteiger charge is -2.15. The predicted molar refractivity (Wildman–Crippen MR) is 85.9 cm³/mol. The molecular formula is C13H15ClN2O7S. The smallest absolute Gasteiger partial charge is 0.326 e. The van der Waals surface area contributed by atoms with Crippen LogP contribution in [-0.2, 0) is 14.6 Å². The van der Waals surface area contributed by atoms with Gasteiger partial charge in [-0.2, -0.15) is 0 Å². The Hall–Kier alpha value is -2.20. The van der Waals surface area contributed by atoms with Crippen molar-refractivity contribution in [3.05, 3.63) is 38.9 Å². The van der Waals surface area contributed by atoms with E-state index in [2.05, 4.69) is 5.32 Å². The van der Waals surface area contributed by atoms with E-state index in [0.29, 0.717) is 0 Å². The topological polar surface area (TPSA) is 144 Å². The van der Waals surface area contributed by atoms with Gasteiger partial charge in [0, 0.05) is 17.9 Å². The van der Waals surface area contributed by atoms with Gasteiger partial charge >= 0.3 is 5.97 Å². The number of nitrogens with zero attached hydrogens (tertiary/aromatic N) is 1. The average Bonchev–Trinajstić information content (AvgIpc) is 2.51. The number of non-ortho nitro benzene ring substituents is 1. The van der Waals surface area contributed by atoms with Crippen molar-refractivity contribution in [1.29, 1.82) is 0 Å². The quantitative estimate of drug-likeness (QED) is 0.511. The molecule has 0 bridgehead atoms. The van der Waals surface area contributed by atoms with Crippen LogP contribution in [0.2, 0.25) is 5.02 Å². The van der Waals surface area contributed by atoms with Crippen LogP contribution in [0.5, 0.6) is 0 Å². The van der Waals surface area contributed by atoms with Crippen molar-refractivity contribution < 1.29 is 28.0 Å². The van der Waals surface area contributed by atoms with Crippen LogP contribution >= 0.6 is 11.6 Å². The van der Waals surface area contributed by atoms with Gasteiger partial charge in [0.2, 0.25) is 0 Å². The third kappa shape index (κ3) is 5.46. The Kier molecular flexibility index (Phi) is 6.67. The summed E-state index contributed by atoms with van der Waals surface area (Å²) in [6, 6.07) is 1.70. The Morgan fingerprint density at radius 3 is 2.54 bits per heavy atom. The van der Waals surface area contributed by atoms with Crippen LogP contribution in [-0.4, -0.2) is 47.9 Å². The van der Waals surface area contributed by atoms with Crippen LogP contribution in [0.15, 0.2) is 18.2 Å². The van der Waals surface area contributed by atoms with Crippen LogP contribution < -0.4 is 5.32 Å². The first-order valence-corrected chi connectivity index (χ1v) is 8.95. The third-order valence-electron chi connectivity index (χ3n) is 3.17. The molecule has 24 heavy (non-hydrogen) atoms. The van der Waals surface area contributed by atoms with Crippen LogP contribution in [0.25, 0.3) is 0 Å². The number of benzene rings is 1. The zero-order valence-corrected chi connectivity index (χ0v) is 14.1. The van der Waals surface area contributed by atoms with Crippen molar-refractivity contribution in [1.82, 2.24) is 5.32 Å². The van der Waals surface area contributed by atoms with Gasteiger partial charge in [-0.3, -0.25) is 14.9 Å². The minimum Gasteiger partial charge on any atom is -0.480 e. The number of carboxylic acid groups (broad SMARTS) is 1. The molecule has 0 spiro atoms. The van der Waals surface area contributed by atoms with Gasteiger partial charge in [-0.25, -0.2) is 13.2 Å². The van der Waals surface area contributed by atoms with E-state index in [4.69, 9.17) is 16.7 Å². The molecule has 1 amide bonds. The van der Waals surface area contributed by atoms with Gasteiger partial charge in [0.25, 0.3) is 11.6 Å². The maximum absolute atomic E-state index is 12.1. The molecule has 0 fully saturated rings. The summed E-state index contributed by atoms with van der Waals surface area (Å²) in [6.45, 7) is 1.42. The number of nitrogens with one attached hydrogen (secondary N) is 1. The largest absolute Gasteiger partial charge is 0.480 e. The number of amides is 1. The second-order valence-electron chi connectivity index (χ2n) is 4.81. The van der Waals surface area contributed by atoms with Gasteiger partial charge in [-0.05, 0) is 12.5 Å². The third-order valence-corrected chi connectivity index (χ3v) is 5.23. The van der Waals surface area contributed by atoms with Crippen LogP contribution in [0, 0.1) is 10.1 Å². The molecule has 1 rings (SSSR count). The Labute approximate surface area is 142 Å². The maximum Gasteiger partial charge on any atom is 0.326 e. The second kappa shape index (κ2) is 8.06. The number of carbonyl (C=O) groups excluding carboxylic acids is 1. The molecular weight excluding hydrogens is 364 g/mol. The lowest BCUT2D eigenvalue weighted by molar-refractivity contribution is -0.384. The summed E-state index contributed by atoms with van der Waals surface area (Å²) >= 11 is 5.80. The van der Waals surface area contributed by atoms with Crippen LogP contribution in [0.3, 0.4) is 0 Å². The SMILES string of the molecule is CCS(=O)(=O)CCC(NC(=O)c1cc([N+](=O)[O-])ccc1Cl)C(=O)O. The summed E-state index contributed by atoms with van der Waals surface area (Å²) in [4.78, 5) is 33.3. The van der Waals surface area contributed by atoms with E-state index in [1.54, 1.807) is 0 Å². The number of carbonyl (C=O) groups is 2. The molecule has 1 aromatic carbocycles. The fraction of sp³-hybridized carbons (Fsp3) is 0.385. The second-order valence-corrected chi connectivity index (χ2v) is 7.69. The highest BCUT2D eigenvalue weighted by Gasteiger charge is 2.25. The Morgan fingerprint density at radius 2 is 2.04 bits per heavy atom. The minimum atomic E-state index is -3.40. The number of nitro groups is 1. The molecule has 9 nitrogen and oxygen atoms in total. The van der Waals surface area contributed by atoms with Crippen molar-refractivity contribution in [2.24, 2.45) is 0 Å². The van der Waals surface area contributed by atoms with Gasteiger partial charge in [-0.15, -0.1) is 0 Å². The molecule has 1 unspecified atom stereocenters. The van der Waals surface area contributed by atoms with E-state index in [1.807, 2.05) is 0 Å². The van der Waals surface area contributed by atoms with Crippen LogP contribution in [0.4, 0.5) is 5.69 Å². The predicted octanol–water partition coefficient (Wildman–Crippen LogP) is 1.26. The number of hydrogen-bond acceptors (Lipinski definition) is 6. The highest BCUT2D eigenvalue weighted by atomic mass is 35.5. The molecule has 1 aromatic rings. The van der Waals surface area contributed by atoms with Gasteiger partial charge in [0.05, 0.1) is 21.3 Å². The van der Waals surface area contributed by atoms with E-state index in [-0.39, 0.29) is 28.4 Å². The van der Waals surface area contributed by atoms with Gasteiger partial charge < -0.3 is 10.4 Å². The van der Waals surface area contributed by atoms with Crippen LogP contribution in [0.1, 0.15) is 23.7 Å². The van der Waals surface area contributed by atoms with E-state index >= 15 is 0 Å². The number of hydrogen-bond donors (Lipinski definition) is 2. The summed E-state index contributed by atoms with van der Waals surface area (Å²) in [5.41, 5.74) is -0.652. The number of rotatable bonds is 8. The summed E-state index contributed by atoms with van der Waals surface area (Å²) in [5, 5.41) is 21.9. The highest BCUT2D eigenvalue weighted by molar-refractivity contribution is 7.91. The van der Waals surface area contributed by atoms with E-state index in [1.165, 1.54) is 6.92 Å².